The van der Waals surface area contributed by atoms with Crippen LogP contribution in [-0.4, -0.2) is 18.4 Å². The molecule has 0 bridgehead atoms. The summed E-state index contributed by atoms with van der Waals surface area (Å²) < 4.78 is 5.15. The summed E-state index contributed by atoms with van der Waals surface area (Å²) in [5.41, 5.74) is 1.11. The molecule has 3 atom stereocenters. The van der Waals surface area contributed by atoms with E-state index in [4.69, 9.17) is 4.74 Å². The van der Waals surface area contributed by atoms with Crippen LogP contribution >= 0.6 is 0 Å². The van der Waals surface area contributed by atoms with Gasteiger partial charge in [0, 0.05) is 12.3 Å². The van der Waals surface area contributed by atoms with Gasteiger partial charge in [-0.1, -0.05) is 92.1 Å². The summed E-state index contributed by atoms with van der Waals surface area (Å²) in [6, 6.07) is 9.86. The normalized spacial score (nSPS) is 21.0. The first-order valence-electron chi connectivity index (χ1n) is 11.2. The zero-order valence-corrected chi connectivity index (χ0v) is 20.0. The van der Waals surface area contributed by atoms with Gasteiger partial charge in [-0.2, -0.15) is 0 Å². The number of carbonyl (C=O) groups excluding carboxylic acids is 2. The topological polar surface area (TPSA) is 43.4 Å². The number of ketones is 1. The minimum absolute atomic E-state index is 0.144. The molecule has 0 heterocycles. The Morgan fingerprint density at radius 2 is 1.59 bits per heavy atom. The molecular formula is C26H44O3. The highest BCUT2D eigenvalue weighted by Crippen LogP contribution is 2.34. The van der Waals surface area contributed by atoms with Crippen LogP contribution in [0.15, 0.2) is 30.3 Å². The predicted octanol–water partition coefficient (Wildman–Crippen LogP) is 6.74. The van der Waals surface area contributed by atoms with Gasteiger partial charge in [-0.25, -0.2) is 0 Å². The highest BCUT2D eigenvalue weighted by Gasteiger charge is 2.31. The van der Waals surface area contributed by atoms with E-state index in [1.165, 1.54) is 12.8 Å². The molecular weight excluding hydrogens is 360 g/mol. The Kier molecular flexibility index (Phi) is 14.4. The molecule has 0 spiro atoms. The molecule has 1 fully saturated rings. The van der Waals surface area contributed by atoms with Crippen LogP contribution < -0.4 is 0 Å². The zero-order chi connectivity index (χ0) is 22.4. The number of rotatable bonds is 6. The summed E-state index contributed by atoms with van der Waals surface area (Å²) in [5, 5.41) is 0. The second-order valence-electron chi connectivity index (χ2n) is 9.61. The first-order valence-corrected chi connectivity index (χ1v) is 11.2. The average molecular weight is 405 g/mol. The Labute approximate surface area is 179 Å². The standard InChI is InChI=1S/C11H20O2.C11H14O.C4H10/c1-8(2)10-5-4-9(3)6-11(10)13-7-12;1-9(2)11(12)8-10-6-4-3-5-7-10;1-4(2)3/h7-11H,4-6H2,1-3H3;3-7,9H,8H2,1-2H3;4H,1-3H3. The second kappa shape index (κ2) is 15.2. The van der Waals surface area contributed by atoms with Crippen LogP contribution in [0, 0.1) is 29.6 Å². The summed E-state index contributed by atoms with van der Waals surface area (Å²) in [5.74, 6) is 3.19. The van der Waals surface area contributed by atoms with Gasteiger partial charge in [0.1, 0.15) is 11.9 Å². The molecule has 1 saturated carbocycles. The molecule has 3 unspecified atom stereocenters. The monoisotopic (exact) mass is 404 g/mol. The van der Waals surface area contributed by atoms with E-state index < -0.39 is 0 Å². The average Bonchev–Trinajstić information content (AvgIpc) is 2.62. The molecule has 0 aliphatic heterocycles. The van der Waals surface area contributed by atoms with Crippen LogP contribution in [0.1, 0.15) is 80.2 Å². The first kappa shape index (κ1) is 27.4. The van der Waals surface area contributed by atoms with Crippen LogP contribution in [0.3, 0.4) is 0 Å². The fraction of sp³-hybridized carbons (Fsp3) is 0.692. The Balaban J connectivity index is 0.000000459. The van der Waals surface area contributed by atoms with Gasteiger partial charge in [0.2, 0.25) is 0 Å². The Hall–Kier alpha value is -1.64. The van der Waals surface area contributed by atoms with Crippen molar-refractivity contribution in [2.75, 3.05) is 0 Å². The Morgan fingerprint density at radius 3 is 2.03 bits per heavy atom. The van der Waals surface area contributed by atoms with Gasteiger partial charge >= 0.3 is 0 Å². The molecule has 0 aromatic heterocycles. The lowest BCUT2D eigenvalue weighted by molar-refractivity contribution is -0.140. The third kappa shape index (κ3) is 13.2. The minimum Gasteiger partial charge on any atom is -0.464 e. The largest absolute Gasteiger partial charge is 0.464 e. The lowest BCUT2D eigenvalue weighted by atomic mass is 9.75. The van der Waals surface area contributed by atoms with Crippen molar-refractivity contribution in [1.82, 2.24) is 0 Å². The third-order valence-electron chi connectivity index (χ3n) is 5.06. The Morgan fingerprint density at radius 1 is 1.03 bits per heavy atom. The van der Waals surface area contributed by atoms with E-state index in [9.17, 15) is 9.59 Å². The van der Waals surface area contributed by atoms with Crippen LogP contribution in [0.2, 0.25) is 0 Å². The van der Waals surface area contributed by atoms with Gasteiger partial charge in [0.25, 0.3) is 6.47 Å². The summed E-state index contributed by atoms with van der Waals surface area (Å²) in [7, 11) is 0. The number of Topliss-reactive ketones (excluding diaryl/α,β-unsaturated/α-hetero) is 1. The van der Waals surface area contributed by atoms with E-state index in [2.05, 4.69) is 41.5 Å². The van der Waals surface area contributed by atoms with Crippen molar-refractivity contribution < 1.29 is 14.3 Å². The van der Waals surface area contributed by atoms with Crippen molar-refractivity contribution >= 4 is 12.3 Å². The maximum absolute atomic E-state index is 11.3. The van der Waals surface area contributed by atoms with Gasteiger partial charge in [0.15, 0.2) is 0 Å². The van der Waals surface area contributed by atoms with Crippen LogP contribution in [0.25, 0.3) is 0 Å². The maximum Gasteiger partial charge on any atom is 0.293 e. The number of benzene rings is 1. The third-order valence-corrected chi connectivity index (χ3v) is 5.06. The fourth-order valence-corrected chi connectivity index (χ4v) is 3.34. The van der Waals surface area contributed by atoms with Crippen molar-refractivity contribution in [2.24, 2.45) is 29.6 Å². The molecule has 3 heteroatoms. The van der Waals surface area contributed by atoms with Gasteiger partial charge in [-0.05, 0) is 42.1 Å². The molecule has 1 aromatic rings. The van der Waals surface area contributed by atoms with E-state index in [0.717, 1.165) is 17.9 Å². The summed E-state index contributed by atoms with van der Waals surface area (Å²) in [6.45, 7) is 17.6. The minimum atomic E-state index is 0.144. The van der Waals surface area contributed by atoms with Crippen molar-refractivity contribution in [2.45, 2.75) is 87.2 Å². The quantitative estimate of drug-likeness (QED) is 0.493. The molecule has 2 rings (SSSR count). The molecule has 166 valence electrons. The predicted molar refractivity (Wildman–Crippen MR) is 123 cm³/mol. The molecule has 0 saturated heterocycles. The number of ether oxygens (including phenoxy) is 1. The van der Waals surface area contributed by atoms with Crippen molar-refractivity contribution in [3.8, 4) is 0 Å². The molecule has 1 aliphatic carbocycles. The van der Waals surface area contributed by atoms with Crippen molar-refractivity contribution in [3.05, 3.63) is 35.9 Å². The van der Waals surface area contributed by atoms with Crippen LogP contribution in [0.4, 0.5) is 0 Å². The van der Waals surface area contributed by atoms with Crippen molar-refractivity contribution in [3.63, 3.8) is 0 Å². The SMILES string of the molecule is CC(C)C.CC(C)C(=O)Cc1ccccc1.CC1CCC(C(C)C)C(OC=O)C1. The molecule has 3 nitrogen and oxygen atoms in total. The molecule has 1 aliphatic rings. The smallest absolute Gasteiger partial charge is 0.293 e. The number of hydrogen-bond acceptors (Lipinski definition) is 3. The highest BCUT2D eigenvalue weighted by atomic mass is 16.5. The lowest BCUT2D eigenvalue weighted by Gasteiger charge is -2.35. The molecule has 0 N–H and O–H groups in total. The maximum atomic E-state index is 11.3. The van der Waals surface area contributed by atoms with Crippen LogP contribution in [-0.2, 0) is 20.7 Å². The summed E-state index contributed by atoms with van der Waals surface area (Å²) >= 11 is 0. The molecule has 1 aromatic carbocycles. The zero-order valence-electron chi connectivity index (χ0n) is 20.0. The van der Waals surface area contributed by atoms with Gasteiger partial charge in [0.05, 0.1) is 0 Å². The van der Waals surface area contributed by atoms with Gasteiger partial charge < -0.3 is 4.74 Å². The molecule has 0 radical (unpaired) electrons. The van der Waals surface area contributed by atoms with Crippen LogP contribution in [0.5, 0.6) is 0 Å². The van der Waals surface area contributed by atoms with Gasteiger partial charge in [-0.3, -0.25) is 9.59 Å². The lowest BCUT2D eigenvalue weighted by Crippen LogP contribution is -2.33. The van der Waals surface area contributed by atoms with E-state index in [1.54, 1.807) is 0 Å². The first-order chi connectivity index (χ1) is 13.6. The summed E-state index contributed by atoms with van der Waals surface area (Å²) in [6.07, 6.45) is 4.26. The highest BCUT2D eigenvalue weighted by molar-refractivity contribution is 5.82. The fourth-order valence-electron chi connectivity index (χ4n) is 3.34. The van der Waals surface area contributed by atoms with Gasteiger partial charge in [-0.15, -0.1) is 0 Å². The van der Waals surface area contributed by atoms with E-state index in [-0.39, 0.29) is 12.0 Å². The molecule has 29 heavy (non-hydrogen) atoms. The van der Waals surface area contributed by atoms with E-state index in [0.29, 0.717) is 36.4 Å². The Bertz CT molecular complexity index is 546. The van der Waals surface area contributed by atoms with Crippen molar-refractivity contribution in [1.29, 1.82) is 0 Å². The number of carbonyl (C=O) groups is 2. The van der Waals surface area contributed by atoms with E-state index in [1.807, 2.05) is 44.2 Å². The summed E-state index contributed by atoms with van der Waals surface area (Å²) in [4.78, 5) is 21.6. The molecule has 0 amide bonds. The second-order valence-corrected chi connectivity index (χ2v) is 9.61. The number of hydrogen-bond donors (Lipinski definition) is 0. The van der Waals surface area contributed by atoms with E-state index >= 15 is 0 Å².